The van der Waals surface area contributed by atoms with E-state index >= 15 is 0 Å². The number of amides is 1. The first-order valence-corrected chi connectivity index (χ1v) is 12.5. The number of nitrogens with zero attached hydrogens (tertiary/aromatic N) is 4. The van der Waals surface area contributed by atoms with Crippen molar-refractivity contribution in [1.29, 1.82) is 0 Å². The van der Waals surface area contributed by atoms with Crippen molar-refractivity contribution in [3.63, 3.8) is 0 Å². The van der Waals surface area contributed by atoms with Crippen molar-refractivity contribution in [3.8, 4) is 28.6 Å². The molecule has 0 spiro atoms. The zero-order valence-corrected chi connectivity index (χ0v) is 23.0. The van der Waals surface area contributed by atoms with Crippen LogP contribution in [0.15, 0.2) is 66.1 Å². The second-order valence-corrected chi connectivity index (χ2v) is 9.37. The summed E-state index contributed by atoms with van der Waals surface area (Å²) in [7, 11) is 4.59. The van der Waals surface area contributed by atoms with Gasteiger partial charge in [0.15, 0.2) is 17.3 Å². The third-order valence-corrected chi connectivity index (χ3v) is 6.94. The number of nitrogens with one attached hydrogen (secondary N) is 2. The van der Waals surface area contributed by atoms with E-state index in [0.717, 1.165) is 0 Å². The van der Waals surface area contributed by atoms with Crippen LogP contribution in [0.3, 0.4) is 0 Å². The van der Waals surface area contributed by atoms with Crippen molar-refractivity contribution in [3.05, 3.63) is 81.7 Å². The molecule has 200 valence electrons. The number of hydrogen-bond donors (Lipinski definition) is 2. The van der Waals surface area contributed by atoms with Crippen molar-refractivity contribution in [1.82, 2.24) is 19.7 Å². The minimum atomic E-state index is -0.712. The molecule has 5 rings (SSSR count). The van der Waals surface area contributed by atoms with Gasteiger partial charge in [-0.1, -0.05) is 23.2 Å². The molecule has 1 aliphatic heterocycles. The monoisotopic (exact) mass is 566 g/mol. The lowest BCUT2D eigenvalue weighted by Gasteiger charge is -2.29. The first-order chi connectivity index (χ1) is 18.8. The van der Waals surface area contributed by atoms with Gasteiger partial charge in [0.25, 0.3) is 5.91 Å². The van der Waals surface area contributed by atoms with Gasteiger partial charge in [-0.25, -0.2) is 4.68 Å². The second-order valence-electron chi connectivity index (χ2n) is 8.55. The molecule has 2 aromatic carbocycles. The number of benzene rings is 2. The number of hydrogen-bond acceptors (Lipinski definition) is 8. The predicted molar refractivity (Wildman–Crippen MR) is 149 cm³/mol. The van der Waals surface area contributed by atoms with Crippen LogP contribution in [0, 0.1) is 0 Å². The maximum absolute atomic E-state index is 13.7. The van der Waals surface area contributed by atoms with E-state index in [1.54, 1.807) is 66.5 Å². The van der Waals surface area contributed by atoms with E-state index in [-0.39, 0.29) is 5.91 Å². The number of carbonyl (C=O) groups excluding carboxylic acids is 1. The second kappa shape index (κ2) is 10.8. The summed E-state index contributed by atoms with van der Waals surface area (Å²) in [5.74, 6) is 1.78. The van der Waals surface area contributed by atoms with Crippen LogP contribution in [0.2, 0.25) is 10.0 Å². The van der Waals surface area contributed by atoms with Gasteiger partial charge < -0.3 is 24.8 Å². The van der Waals surface area contributed by atoms with Crippen LogP contribution >= 0.6 is 23.2 Å². The van der Waals surface area contributed by atoms with Gasteiger partial charge in [-0.3, -0.25) is 9.78 Å². The molecule has 2 N–H and O–H groups in total. The molecule has 1 atom stereocenters. The van der Waals surface area contributed by atoms with Crippen LogP contribution in [0.5, 0.6) is 17.2 Å². The van der Waals surface area contributed by atoms with Crippen molar-refractivity contribution in [2.45, 2.75) is 13.0 Å². The summed E-state index contributed by atoms with van der Waals surface area (Å²) in [4.78, 5) is 22.5. The highest BCUT2D eigenvalue weighted by molar-refractivity contribution is 6.42. The first kappa shape index (κ1) is 26.3. The number of halogens is 2. The third-order valence-electron chi connectivity index (χ3n) is 6.20. The topological polar surface area (TPSA) is 112 Å². The Kier molecular flexibility index (Phi) is 7.32. The molecule has 1 aliphatic rings. The molecule has 1 amide bonds. The number of pyridine rings is 1. The molecule has 0 bridgehead atoms. The van der Waals surface area contributed by atoms with Gasteiger partial charge >= 0.3 is 0 Å². The van der Waals surface area contributed by atoms with Gasteiger partial charge in [-0.05, 0) is 55.0 Å². The van der Waals surface area contributed by atoms with Gasteiger partial charge in [0.05, 0.1) is 48.8 Å². The highest BCUT2D eigenvalue weighted by atomic mass is 35.5. The van der Waals surface area contributed by atoms with E-state index in [4.69, 9.17) is 47.5 Å². The van der Waals surface area contributed by atoms with Crippen molar-refractivity contribution >= 4 is 40.7 Å². The number of anilines is 2. The number of aromatic nitrogens is 4. The smallest absolute Gasteiger partial charge is 0.255 e. The Bertz CT molecular complexity index is 1560. The Hall–Kier alpha value is -4.28. The van der Waals surface area contributed by atoms with Gasteiger partial charge in [-0.2, -0.15) is 4.98 Å². The SMILES string of the molecule is COc1cc(C2C(C(=O)Nc3cccnc3)=C(C)Nc3nc(-c4ccc(Cl)c(Cl)c4)nn32)cc(OC)c1OC. The fourth-order valence-electron chi connectivity index (χ4n) is 4.41. The molecular formula is C27H24Cl2N6O4. The molecule has 2 aromatic heterocycles. The standard InChI is InChI=1S/C27H24Cl2N6O4/c1-14-22(26(36)32-17-6-5-9-30-13-17)23(16-11-20(37-2)24(39-4)21(12-16)38-3)35-27(31-14)33-25(34-35)15-7-8-18(28)19(29)10-15/h5-13,23H,1-4H3,(H,32,36)(H,31,33,34). The number of allylic oxidation sites excluding steroid dienone is 1. The summed E-state index contributed by atoms with van der Waals surface area (Å²) in [6.45, 7) is 1.81. The van der Waals surface area contributed by atoms with E-state index in [1.807, 2.05) is 0 Å². The molecule has 0 saturated heterocycles. The van der Waals surface area contributed by atoms with E-state index in [9.17, 15) is 4.79 Å². The molecular weight excluding hydrogens is 543 g/mol. The Morgan fingerprint density at radius 3 is 2.38 bits per heavy atom. The highest BCUT2D eigenvalue weighted by Gasteiger charge is 2.36. The zero-order chi connectivity index (χ0) is 27.7. The molecule has 0 saturated carbocycles. The van der Waals surface area contributed by atoms with Crippen LogP contribution in [-0.4, -0.2) is 47.0 Å². The lowest BCUT2D eigenvalue weighted by atomic mass is 9.94. The minimum Gasteiger partial charge on any atom is -0.493 e. The maximum Gasteiger partial charge on any atom is 0.255 e. The van der Waals surface area contributed by atoms with Crippen LogP contribution in [-0.2, 0) is 4.79 Å². The number of methoxy groups -OCH3 is 3. The summed E-state index contributed by atoms with van der Waals surface area (Å²) in [5, 5.41) is 11.7. The molecule has 0 fully saturated rings. The lowest BCUT2D eigenvalue weighted by molar-refractivity contribution is -0.113. The fourth-order valence-corrected chi connectivity index (χ4v) is 4.70. The van der Waals surface area contributed by atoms with E-state index in [2.05, 4.69) is 15.6 Å². The summed E-state index contributed by atoms with van der Waals surface area (Å²) >= 11 is 12.4. The lowest BCUT2D eigenvalue weighted by Crippen LogP contribution is -2.31. The number of rotatable bonds is 7. The largest absolute Gasteiger partial charge is 0.493 e. The summed E-state index contributed by atoms with van der Waals surface area (Å²) < 4.78 is 18.3. The molecule has 1 unspecified atom stereocenters. The van der Waals surface area contributed by atoms with E-state index in [1.165, 1.54) is 21.3 Å². The predicted octanol–water partition coefficient (Wildman–Crippen LogP) is 5.60. The third kappa shape index (κ3) is 4.96. The van der Waals surface area contributed by atoms with E-state index < -0.39 is 6.04 Å². The number of carbonyl (C=O) groups is 1. The average molecular weight is 567 g/mol. The van der Waals surface area contributed by atoms with Crippen molar-refractivity contribution < 1.29 is 19.0 Å². The average Bonchev–Trinajstić information content (AvgIpc) is 3.36. The molecule has 4 aromatic rings. The quantitative estimate of drug-likeness (QED) is 0.297. The van der Waals surface area contributed by atoms with Gasteiger partial charge in [0.2, 0.25) is 11.7 Å². The summed E-state index contributed by atoms with van der Waals surface area (Å²) in [5.41, 5.74) is 2.87. The Balaban J connectivity index is 1.68. The Morgan fingerprint density at radius 2 is 1.77 bits per heavy atom. The number of fused-ring (bicyclic) bond motifs is 1. The summed E-state index contributed by atoms with van der Waals surface area (Å²) in [6, 6.07) is 11.5. The molecule has 10 nitrogen and oxygen atoms in total. The van der Waals surface area contributed by atoms with Crippen molar-refractivity contribution in [2.75, 3.05) is 32.0 Å². The summed E-state index contributed by atoms with van der Waals surface area (Å²) in [6.07, 6.45) is 3.20. The molecule has 0 radical (unpaired) electrons. The Morgan fingerprint density at radius 1 is 1.03 bits per heavy atom. The maximum atomic E-state index is 13.7. The van der Waals surface area contributed by atoms with E-state index in [0.29, 0.717) is 67.2 Å². The minimum absolute atomic E-state index is 0.344. The van der Waals surface area contributed by atoms with Crippen LogP contribution in [0.4, 0.5) is 11.6 Å². The highest BCUT2D eigenvalue weighted by Crippen LogP contribution is 2.44. The molecule has 3 heterocycles. The molecule has 0 aliphatic carbocycles. The normalized spacial score (nSPS) is 14.4. The fraction of sp³-hybridized carbons (Fsp3) is 0.185. The zero-order valence-electron chi connectivity index (χ0n) is 21.5. The Labute approximate surface area is 234 Å². The van der Waals surface area contributed by atoms with Gasteiger partial charge in [0, 0.05) is 17.5 Å². The molecule has 12 heteroatoms. The van der Waals surface area contributed by atoms with Gasteiger partial charge in [-0.15, -0.1) is 5.10 Å². The van der Waals surface area contributed by atoms with Crippen LogP contribution < -0.4 is 24.8 Å². The van der Waals surface area contributed by atoms with Crippen LogP contribution in [0.1, 0.15) is 18.5 Å². The first-order valence-electron chi connectivity index (χ1n) is 11.8. The molecule has 39 heavy (non-hydrogen) atoms. The van der Waals surface area contributed by atoms with Crippen molar-refractivity contribution in [2.24, 2.45) is 0 Å². The van der Waals surface area contributed by atoms with Gasteiger partial charge in [0.1, 0.15) is 6.04 Å². The number of ether oxygens (including phenoxy) is 3. The van der Waals surface area contributed by atoms with Crippen LogP contribution in [0.25, 0.3) is 11.4 Å².